The molecule has 7 heteroatoms. The van der Waals surface area contributed by atoms with Crippen molar-refractivity contribution in [1.29, 1.82) is 0 Å². The molecule has 0 saturated carbocycles. The first-order valence-electron chi connectivity index (χ1n) is 11.2. The second-order valence-electron chi connectivity index (χ2n) is 8.26. The summed E-state index contributed by atoms with van der Waals surface area (Å²) in [5, 5.41) is 0.560. The number of piperazine rings is 1. The number of hydrogen-bond donors (Lipinski definition) is 0. The van der Waals surface area contributed by atoms with Crippen molar-refractivity contribution in [3.63, 3.8) is 0 Å². The maximum atomic E-state index is 13.6. The van der Waals surface area contributed by atoms with Crippen molar-refractivity contribution in [2.45, 2.75) is 11.4 Å². The van der Waals surface area contributed by atoms with Crippen LogP contribution in [-0.2, 0) is 16.1 Å². The van der Waals surface area contributed by atoms with Crippen molar-refractivity contribution < 1.29 is 9.59 Å². The van der Waals surface area contributed by atoms with Gasteiger partial charge in [-0.1, -0.05) is 71.9 Å². The van der Waals surface area contributed by atoms with Crippen LogP contribution in [0.1, 0.15) is 5.56 Å². The summed E-state index contributed by atoms with van der Waals surface area (Å²) < 4.78 is 0. The van der Waals surface area contributed by atoms with Gasteiger partial charge in [0, 0.05) is 42.6 Å². The molecule has 0 atom stereocenters. The van der Waals surface area contributed by atoms with Crippen LogP contribution in [0.15, 0.2) is 100 Å². The molecule has 0 spiro atoms. The number of halogens is 1. The summed E-state index contributed by atoms with van der Waals surface area (Å²) in [5.74, 6) is -0.565. The molecule has 0 unspecified atom stereocenters. The van der Waals surface area contributed by atoms with Gasteiger partial charge in [-0.05, 0) is 42.0 Å². The van der Waals surface area contributed by atoms with Gasteiger partial charge >= 0.3 is 0 Å². The summed E-state index contributed by atoms with van der Waals surface area (Å²) in [5.41, 5.74) is 2.30. The summed E-state index contributed by atoms with van der Waals surface area (Å²) in [6.45, 7) is 3.90. The number of benzene rings is 3. The van der Waals surface area contributed by atoms with Crippen LogP contribution in [0.2, 0.25) is 5.02 Å². The third-order valence-corrected chi connectivity index (χ3v) is 7.34. The maximum absolute atomic E-state index is 13.6. The van der Waals surface area contributed by atoms with Crippen molar-refractivity contribution in [2.24, 2.45) is 0 Å². The van der Waals surface area contributed by atoms with E-state index in [1.807, 2.05) is 36.4 Å². The van der Waals surface area contributed by atoms with Crippen molar-refractivity contribution in [3.05, 3.63) is 106 Å². The molecule has 1 fully saturated rings. The average Bonchev–Trinajstić information content (AvgIpc) is 3.11. The molecule has 34 heavy (non-hydrogen) atoms. The molecule has 3 aromatic rings. The quantitative estimate of drug-likeness (QED) is 0.454. The first kappa shape index (κ1) is 22.7. The number of imide groups is 1. The van der Waals surface area contributed by atoms with E-state index >= 15 is 0 Å². The van der Waals surface area contributed by atoms with Crippen molar-refractivity contribution in [1.82, 2.24) is 9.80 Å². The predicted molar refractivity (Wildman–Crippen MR) is 137 cm³/mol. The molecule has 0 radical (unpaired) electrons. The van der Waals surface area contributed by atoms with Crippen LogP contribution in [0, 0.1) is 0 Å². The number of amides is 2. The Morgan fingerprint density at radius 3 is 2.00 bits per heavy atom. The molecule has 2 aliphatic heterocycles. The monoisotopic (exact) mass is 489 g/mol. The largest absolute Gasteiger partial charge is 0.363 e. The smallest absolute Gasteiger partial charge is 0.283 e. The molecule has 0 bridgehead atoms. The van der Waals surface area contributed by atoms with E-state index in [2.05, 4.69) is 34.1 Å². The molecule has 2 heterocycles. The molecular formula is C27H24ClN3O2S. The van der Waals surface area contributed by atoms with Crippen LogP contribution in [-0.4, -0.2) is 47.8 Å². The summed E-state index contributed by atoms with van der Waals surface area (Å²) in [6.07, 6.45) is 0. The molecule has 2 aliphatic rings. The van der Waals surface area contributed by atoms with Crippen LogP contribution in [0.4, 0.5) is 5.69 Å². The molecule has 3 aromatic carbocycles. The van der Waals surface area contributed by atoms with Gasteiger partial charge in [-0.3, -0.25) is 14.5 Å². The number of anilines is 1. The van der Waals surface area contributed by atoms with Crippen LogP contribution in [0.25, 0.3) is 0 Å². The second kappa shape index (κ2) is 10.1. The van der Waals surface area contributed by atoms with E-state index in [0.29, 0.717) is 34.4 Å². The third kappa shape index (κ3) is 4.75. The highest BCUT2D eigenvalue weighted by molar-refractivity contribution is 8.04. The number of nitrogens with zero attached hydrogens (tertiary/aromatic N) is 3. The number of rotatable bonds is 6. The first-order chi connectivity index (χ1) is 16.6. The minimum Gasteiger partial charge on any atom is -0.363 e. The minimum absolute atomic E-state index is 0.276. The van der Waals surface area contributed by atoms with Crippen LogP contribution in [0.3, 0.4) is 0 Å². The Hall–Kier alpha value is -3.06. The highest BCUT2D eigenvalue weighted by Crippen LogP contribution is 2.39. The van der Waals surface area contributed by atoms with E-state index in [4.69, 9.17) is 11.6 Å². The lowest BCUT2D eigenvalue weighted by Gasteiger charge is -2.36. The highest BCUT2D eigenvalue weighted by Gasteiger charge is 2.43. The number of carbonyl (C=O) groups excluding carboxylic acids is 2. The lowest BCUT2D eigenvalue weighted by Crippen LogP contribution is -2.47. The molecule has 0 aromatic heterocycles. The highest BCUT2D eigenvalue weighted by atomic mass is 35.5. The summed E-state index contributed by atoms with van der Waals surface area (Å²) in [7, 11) is 0. The minimum atomic E-state index is -0.289. The zero-order valence-electron chi connectivity index (χ0n) is 18.6. The van der Waals surface area contributed by atoms with Crippen molar-refractivity contribution in [2.75, 3.05) is 31.1 Å². The summed E-state index contributed by atoms with van der Waals surface area (Å²) >= 11 is 7.39. The molecular weight excluding hydrogens is 466 g/mol. The van der Waals surface area contributed by atoms with E-state index in [0.717, 1.165) is 24.5 Å². The Labute approximate surface area is 208 Å². The van der Waals surface area contributed by atoms with Gasteiger partial charge in [0.25, 0.3) is 11.8 Å². The molecule has 1 saturated heterocycles. The Kier molecular flexibility index (Phi) is 6.72. The average molecular weight is 490 g/mol. The molecule has 5 nitrogen and oxygen atoms in total. The van der Waals surface area contributed by atoms with Gasteiger partial charge in [0.1, 0.15) is 10.6 Å². The lowest BCUT2D eigenvalue weighted by molar-refractivity contribution is -0.121. The van der Waals surface area contributed by atoms with Gasteiger partial charge in [0.2, 0.25) is 0 Å². The molecule has 0 N–H and O–H groups in total. The number of carbonyl (C=O) groups is 2. The molecule has 172 valence electrons. The van der Waals surface area contributed by atoms with Crippen LogP contribution in [0.5, 0.6) is 0 Å². The van der Waals surface area contributed by atoms with Crippen molar-refractivity contribution >= 4 is 40.9 Å². The predicted octanol–water partition coefficient (Wildman–Crippen LogP) is 5.03. The Bertz CT molecular complexity index is 1210. The molecule has 0 aliphatic carbocycles. The van der Waals surface area contributed by atoms with E-state index in [-0.39, 0.29) is 11.8 Å². The van der Waals surface area contributed by atoms with E-state index in [9.17, 15) is 9.59 Å². The first-order valence-corrected chi connectivity index (χ1v) is 12.4. The normalized spacial score (nSPS) is 17.1. The van der Waals surface area contributed by atoms with E-state index in [1.54, 1.807) is 24.3 Å². The van der Waals surface area contributed by atoms with E-state index < -0.39 is 0 Å². The van der Waals surface area contributed by atoms with Gasteiger partial charge in [-0.15, -0.1) is 0 Å². The van der Waals surface area contributed by atoms with Gasteiger partial charge < -0.3 is 4.90 Å². The van der Waals surface area contributed by atoms with Gasteiger partial charge in [0.05, 0.1) is 5.69 Å². The summed E-state index contributed by atoms with van der Waals surface area (Å²) in [4.78, 5) is 34.3. The molecule has 2 amide bonds. The Balaban J connectivity index is 1.40. The van der Waals surface area contributed by atoms with E-state index in [1.165, 1.54) is 22.2 Å². The topological polar surface area (TPSA) is 43.9 Å². The van der Waals surface area contributed by atoms with Gasteiger partial charge in [-0.25, -0.2) is 4.90 Å². The fourth-order valence-electron chi connectivity index (χ4n) is 4.27. The van der Waals surface area contributed by atoms with Crippen LogP contribution < -0.4 is 4.90 Å². The maximum Gasteiger partial charge on any atom is 0.283 e. The SMILES string of the molecule is O=C1C(Sc2ccccc2)=C(N2CCN(Cc3ccccc3)CC2)C(=O)N1c1ccc(Cl)cc1. The fraction of sp³-hybridized carbons (Fsp3) is 0.185. The van der Waals surface area contributed by atoms with Gasteiger partial charge in [0.15, 0.2) is 0 Å². The zero-order valence-corrected chi connectivity index (χ0v) is 20.1. The zero-order chi connectivity index (χ0) is 23.5. The number of hydrogen-bond acceptors (Lipinski definition) is 5. The standard InChI is InChI=1S/C27H24ClN3O2S/c28-21-11-13-22(14-12-21)31-26(32)24(25(27(31)33)34-23-9-5-2-6-10-23)30-17-15-29(16-18-30)19-20-7-3-1-4-8-20/h1-14H,15-19H2. The third-order valence-electron chi connectivity index (χ3n) is 6.00. The molecule has 5 rings (SSSR count). The van der Waals surface area contributed by atoms with Crippen LogP contribution >= 0.6 is 23.4 Å². The van der Waals surface area contributed by atoms with Crippen molar-refractivity contribution in [3.8, 4) is 0 Å². The number of thioether (sulfide) groups is 1. The fourth-order valence-corrected chi connectivity index (χ4v) is 5.42. The van der Waals surface area contributed by atoms with Gasteiger partial charge in [-0.2, -0.15) is 0 Å². The lowest BCUT2D eigenvalue weighted by atomic mass is 10.2. The second-order valence-corrected chi connectivity index (χ2v) is 9.78. The Morgan fingerprint density at radius 2 is 1.35 bits per heavy atom. The summed E-state index contributed by atoms with van der Waals surface area (Å²) in [6, 6.07) is 26.9. The Morgan fingerprint density at radius 1 is 0.735 bits per heavy atom.